The summed E-state index contributed by atoms with van der Waals surface area (Å²) in [6, 6.07) is 11.4. The van der Waals surface area contributed by atoms with Gasteiger partial charge in [-0.1, -0.05) is 18.2 Å². The summed E-state index contributed by atoms with van der Waals surface area (Å²) in [5, 5.41) is 3.41. The van der Waals surface area contributed by atoms with Crippen molar-refractivity contribution >= 4 is 22.4 Å². The number of amides is 1. The van der Waals surface area contributed by atoms with E-state index in [2.05, 4.69) is 10.3 Å². The number of aromatic nitrogens is 1. The molecule has 0 aliphatic rings. The number of carbonyl (C=O) groups is 1. The lowest BCUT2D eigenvalue weighted by molar-refractivity contribution is -0.115. The second-order valence-corrected chi connectivity index (χ2v) is 7.49. The van der Waals surface area contributed by atoms with Crippen LogP contribution in [0.3, 0.4) is 0 Å². The number of ether oxygens (including phenoxy) is 4. The van der Waals surface area contributed by atoms with Crippen LogP contribution in [0.15, 0.2) is 42.6 Å². The third-order valence-corrected chi connectivity index (χ3v) is 5.36. The van der Waals surface area contributed by atoms with Crippen molar-refractivity contribution < 1.29 is 23.7 Å². The molecule has 1 N–H and O–H groups in total. The van der Waals surface area contributed by atoms with Crippen molar-refractivity contribution in [3.63, 3.8) is 0 Å². The minimum absolute atomic E-state index is 0.119. The molecule has 8 heteroatoms. The fourth-order valence-electron chi connectivity index (χ4n) is 3.07. The van der Waals surface area contributed by atoms with Crippen LogP contribution >= 0.6 is 11.3 Å². The van der Waals surface area contributed by atoms with Gasteiger partial charge in [-0.2, -0.15) is 0 Å². The Morgan fingerprint density at radius 2 is 1.80 bits per heavy atom. The average molecular weight is 429 g/mol. The standard InChI is InChI=1S/C22H24N2O5S/c1-26-16-7-5-6-14(10-16)11-17-13-23-22(30-17)24-19(25)12-15-8-9-18(27-2)21(29-4)20(15)28-3/h5-10,13H,11-12H2,1-4H3,(H,23,24,25). The number of anilines is 1. The van der Waals surface area contributed by atoms with E-state index in [1.165, 1.54) is 25.6 Å². The monoisotopic (exact) mass is 428 g/mol. The van der Waals surface area contributed by atoms with Crippen molar-refractivity contribution in [2.45, 2.75) is 12.8 Å². The van der Waals surface area contributed by atoms with Gasteiger partial charge < -0.3 is 24.3 Å². The maximum Gasteiger partial charge on any atom is 0.230 e. The first kappa shape index (κ1) is 21.4. The molecular weight excluding hydrogens is 404 g/mol. The molecule has 1 heterocycles. The number of carbonyl (C=O) groups excluding carboxylic acids is 1. The summed E-state index contributed by atoms with van der Waals surface area (Å²) in [6.07, 6.45) is 2.61. The molecule has 30 heavy (non-hydrogen) atoms. The zero-order chi connectivity index (χ0) is 21.5. The zero-order valence-corrected chi connectivity index (χ0v) is 18.2. The summed E-state index contributed by atoms with van der Waals surface area (Å²) in [7, 11) is 6.26. The molecular formula is C22H24N2O5S. The SMILES string of the molecule is COc1cccc(Cc2cnc(NC(=O)Cc3ccc(OC)c(OC)c3OC)s2)c1. The Kier molecular flexibility index (Phi) is 7.13. The third kappa shape index (κ3) is 5.01. The molecule has 0 spiro atoms. The van der Waals surface area contributed by atoms with Gasteiger partial charge in [0, 0.05) is 23.1 Å². The number of hydrogen-bond acceptors (Lipinski definition) is 7. The zero-order valence-electron chi connectivity index (χ0n) is 17.4. The number of methoxy groups -OCH3 is 4. The highest BCUT2D eigenvalue weighted by Crippen LogP contribution is 2.40. The van der Waals surface area contributed by atoms with E-state index in [1.807, 2.05) is 24.3 Å². The Morgan fingerprint density at radius 1 is 1.00 bits per heavy atom. The van der Waals surface area contributed by atoms with Crippen molar-refractivity contribution in [1.82, 2.24) is 4.98 Å². The van der Waals surface area contributed by atoms with Gasteiger partial charge >= 0.3 is 0 Å². The van der Waals surface area contributed by atoms with E-state index >= 15 is 0 Å². The lowest BCUT2D eigenvalue weighted by atomic mass is 10.1. The van der Waals surface area contributed by atoms with Crippen LogP contribution in [0.4, 0.5) is 5.13 Å². The van der Waals surface area contributed by atoms with E-state index in [-0.39, 0.29) is 12.3 Å². The molecule has 0 fully saturated rings. The number of nitrogens with zero attached hydrogens (tertiary/aromatic N) is 1. The molecule has 3 aromatic rings. The first-order chi connectivity index (χ1) is 14.6. The third-order valence-electron chi connectivity index (χ3n) is 4.45. The van der Waals surface area contributed by atoms with Crippen molar-refractivity contribution in [3.8, 4) is 23.0 Å². The first-order valence-electron chi connectivity index (χ1n) is 9.23. The fraction of sp³-hybridized carbons (Fsp3) is 0.273. The van der Waals surface area contributed by atoms with Gasteiger partial charge in [-0.25, -0.2) is 4.98 Å². The fourth-order valence-corrected chi connectivity index (χ4v) is 3.93. The van der Waals surface area contributed by atoms with E-state index in [0.717, 1.165) is 16.2 Å². The Morgan fingerprint density at radius 3 is 2.50 bits per heavy atom. The van der Waals surface area contributed by atoms with Crippen molar-refractivity contribution in [1.29, 1.82) is 0 Å². The summed E-state index contributed by atoms with van der Waals surface area (Å²) in [5.74, 6) is 2.10. The van der Waals surface area contributed by atoms with Crippen molar-refractivity contribution in [2.75, 3.05) is 33.8 Å². The van der Waals surface area contributed by atoms with Crippen LogP contribution in [0.1, 0.15) is 16.0 Å². The Bertz CT molecular complexity index is 1020. The number of thiazole rings is 1. The second-order valence-electron chi connectivity index (χ2n) is 6.38. The first-order valence-corrected chi connectivity index (χ1v) is 10.0. The molecule has 0 unspecified atom stereocenters. The quantitative estimate of drug-likeness (QED) is 0.556. The normalized spacial score (nSPS) is 10.4. The van der Waals surface area contributed by atoms with Gasteiger partial charge in [0.2, 0.25) is 11.7 Å². The topological polar surface area (TPSA) is 78.9 Å². The highest BCUT2D eigenvalue weighted by Gasteiger charge is 2.18. The summed E-state index contributed by atoms with van der Waals surface area (Å²) in [6.45, 7) is 0. The molecule has 0 atom stereocenters. The highest BCUT2D eigenvalue weighted by atomic mass is 32.1. The van der Waals surface area contributed by atoms with Crippen LogP contribution in [-0.2, 0) is 17.6 Å². The molecule has 158 valence electrons. The van der Waals surface area contributed by atoms with Gasteiger partial charge in [-0.3, -0.25) is 4.79 Å². The number of benzene rings is 2. The number of nitrogens with one attached hydrogen (secondary N) is 1. The number of rotatable bonds is 9. The highest BCUT2D eigenvalue weighted by molar-refractivity contribution is 7.15. The predicted molar refractivity (Wildman–Crippen MR) is 116 cm³/mol. The van der Waals surface area contributed by atoms with E-state index in [1.54, 1.807) is 32.5 Å². The van der Waals surface area contributed by atoms with Crippen molar-refractivity contribution in [2.24, 2.45) is 0 Å². The molecule has 0 aliphatic heterocycles. The van der Waals surface area contributed by atoms with Crippen LogP contribution < -0.4 is 24.3 Å². The molecule has 1 amide bonds. The van der Waals surface area contributed by atoms with Crippen LogP contribution in [0, 0.1) is 0 Å². The lowest BCUT2D eigenvalue weighted by Crippen LogP contribution is -2.15. The molecule has 0 saturated heterocycles. The van der Waals surface area contributed by atoms with Gasteiger partial charge in [0.15, 0.2) is 16.6 Å². The van der Waals surface area contributed by atoms with Gasteiger partial charge in [-0.05, 0) is 23.8 Å². The second kappa shape index (κ2) is 9.98. The molecule has 0 bridgehead atoms. The van der Waals surface area contributed by atoms with Gasteiger partial charge in [0.1, 0.15) is 5.75 Å². The lowest BCUT2D eigenvalue weighted by Gasteiger charge is -2.15. The van der Waals surface area contributed by atoms with Crippen LogP contribution in [0.2, 0.25) is 0 Å². The molecule has 2 aromatic carbocycles. The van der Waals surface area contributed by atoms with Crippen LogP contribution in [-0.4, -0.2) is 39.3 Å². The Hall–Kier alpha value is -3.26. The molecule has 0 radical (unpaired) electrons. The molecule has 3 rings (SSSR count). The van der Waals surface area contributed by atoms with Crippen LogP contribution in [0.25, 0.3) is 0 Å². The van der Waals surface area contributed by atoms with E-state index in [0.29, 0.717) is 34.4 Å². The largest absolute Gasteiger partial charge is 0.497 e. The average Bonchev–Trinajstić information content (AvgIpc) is 3.19. The summed E-state index contributed by atoms with van der Waals surface area (Å²) < 4.78 is 21.4. The van der Waals surface area contributed by atoms with Crippen LogP contribution in [0.5, 0.6) is 23.0 Å². The van der Waals surface area contributed by atoms with Gasteiger partial charge in [-0.15, -0.1) is 11.3 Å². The number of hydrogen-bond donors (Lipinski definition) is 1. The molecule has 0 saturated carbocycles. The smallest absolute Gasteiger partial charge is 0.230 e. The summed E-state index contributed by atoms with van der Waals surface area (Å²) in [4.78, 5) is 17.9. The Balaban J connectivity index is 1.67. The predicted octanol–water partition coefficient (Wildman–Crippen LogP) is 3.95. The molecule has 7 nitrogen and oxygen atoms in total. The summed E-state index contributed by atoms with van der Waals surface area (Å²) in [5.41, 5.74) is 1.81. The van der Waals surface area contributed by atoms with E-state index in [9.17, 15) is 4.79 Å². The minimum atomic E-state index is -0.192. The van der Waals surface area contributed by atoms with Gasteiger partial charge in [0.05, 0.1) is 34.9 Å². The molecule has 1 aromatic heterocycles. The van der Waals surface area contributed by atoms with Crippen molar-refractivity contribution in [3.05, 3.63) is 58.6 Å². The van der Waals surface area contributed by atoms with Gasteiger partial charge in [0.25, 0.3) is 0 Å². The summed E-state index contributed by atoms with van der Waals surface area (Å²) >= 11 is 1.44. The van der Waals surface area contributed by atoms with E-state index < -0.39 is 0 Å². The Labute approximate surface area is 179 Å². The molecule has 0 aliphatic carbocycles. The van der Waals surface area contributed by atoms with E-state index in [4.69, 9.17) is 18.9 Å². The maximum absolute atomic E-state index is 12.6. The maximum atomic E-state index is 12.6. The minimum Gasteiger partial charge on any atom is -0.497 e.